The van der Waals surface area contributed by atoms with Crippen molar-refractivity contribution in [3.63, 3.8) is 0 Å². The van der Waals surface area contributed by atoms with Crippen molar-refractivity contribution < 1.29 is 14.7 Å². The Morgan fingerprint density at radius 1 is 1.22 bits per heavy atom. The number of carbonyl (C=O) groups is 2. The standard InChI is InChI=1S/C13H20N2O3/c16-11(17)13(6-1-7-13)14-12(18)15(10-4-5-10)8-9-2-3-9/h9-10H,1-8H2,(H,14,18)(H,16,17). The van der Waals surface area contributed by atoms with Gasteiger partial charge in [-0.1, -0.05) is 0 Å². The first-order valence-corrected chi connectivity index (χ1v) is 6.93. The maximum Gasteiger partial charge on any atom is 0.329 e. The summed E-state index contributed by atoms with van der Waals surface area (Å²) in [6.07, 6.45) is 6.58. The predicted octanol–water partition coefficient (Wildman–Crippen LogP) is 1.58. The third-order valence-corrected chi connectivity index (χ3v) is 4.36. The Kier molecular flexibility index (Phi) is 2.72. The molecule has 0 spiro atoms. The number of amides is 2. The molecule has 0 unspecified atom stereocenters. The number of hydrogen-bond donors (Lipinski definition) is 2. The van der Waals surface area contributed by atoms with Gasteiger partial charge in [0.1, 0.15) is 5.54 Å². The topological polar surface area (TPSA) is 69.6 Å². The third kappa shape index (κ3) is 2.18. The van der Waals surface area contributed by atoms with Crippen molar-refractivity contribution in [3.8, 4) is 0 Å². The molecular weight excluding hydrogens is 232 g/mol. The minimum Gasteiger partial charge on any atom is -0.480 e. The minimum absolute atomic E-state index is 0.161. The quantitative estimate of drug-likeness (QED) is 0.780. The van der Waals surface area contributed by atoms with Crippen LogP contribution in [0.25, 0.3) is 0 Å². The molecule has 2 amide bonds. The van der Waals surface area contributed by atoms with Gasteiger partial charge in [-0.3, -0.25) is 0 Å². The highest BCUT2D eigenvalue weighted by atomic mass is 16.4. The second kappa shape index (κ2) is 4.14. The molecule has 0 bridgehead atoms. The normalized spacial score (nSPS) is 25.1. The van der Waals surface area contributed by atoms with Gasteiger partial charge in [0.05, 0.1) is 0 Å². The van der Waals surface area contributed by atoms with E-state index in [-0.39, 0.29) is 6.03 Å². The van der Waals surface area contributed by atoms with Crippen LogP contribution in [-0.2, 0) is 4.79 Å². The molecule has 0 aliphatic heterocycles. The van der Waals surface area contributed by atoms with E-state index in [1.165, 1.54) is 12.8 Å². The van der Waals surface area contributed by atoms with E-state index in [9.17, 15) is 14.7 Å². The van der Waals surface area contributed by atoms with Crippen molar-refractivity contribution in [2.45, 2.75) is 56.5 Å². The first-order chi connectivity index (χ1) is 8.61. The van der Waals surface area contributed by atoms with Crippen LogP contribution >= 0.6 is 0 Å². The molecule has 0 atom stereocenters. The van der Waals surface area contributed by atoms with Gasteiger partial charge in [0.25, 0.3) is 0 Å². The molecule has 5 nitrogen and oxygen atoms in total. The van der Waals surface area contributed by atoms with E-state index in [4.69, 9.17) is 0 Å². The highest BCUT2D eigenvalue weighted by molar-refractivity contribution is 5.87. The number of nitrogens with one attached hydrogen (secondary N) is 1. The number of rotatable bonds is 5. The number of nitrogens with zero attached hydrogens (tertiary/aromatic N) is 1. The third-order valence-electron chi connectivity index (χ3n) is 4.36. The van der Waals surface area contributed by atoms with Gasteiger partial charge in [0, 0.05) is 12.6 Å². The highest BCUT2D eigenvalue weighted by Crippen LogP contribution is 2.36. The summed E-state index contributed by atoms with van der Waals surface area (Å²) >= 11 is 0. The molecule has 100 valence electrons. The maximum atomic E-state index is 12.3. The lowest BCUT2D eigenvalue weighted by molar-refractivity contribution is -0.148. The Morgan fingerprint density at radius 3 is 2.28 bits per heavy atom. The summed E-state index contributed by atoms with van der Waals surface area (Å²) in [5.74, 6) is -0.234. The van der Waals surface area contributed by atoms with Gasteiger partial charge in [0.15, 0.2) is 0 Å². The first kappa shape index (κ1) is 11.8. The van der Waals surface area contributed by atoms with Crippen LogP contribution in [0.3, 0.4) is 0 Å². The van der Waals surface area contributed by atoms with Gasteiger partial charge in [-0.15, -0.1) is 0 Å². The van der Waals surface area contributed by atoms with Crippen LogP contribution in [0.5, 0.6) is 0 Å². The maximum absolute atomic E-state index is 12.3. The van der Waals surface area contributed by atoms with Crippen molar-refractivity contribution in [1.29, 1.82) is 0 Å². The van der Waals surface area contributed by atoms with Crippen LogP contribution in [0, 0.1) is 5.92 Å². The molecule has 0 saturated heterocycles. The number of carboxylic acids is 1. The van der Waals surface area contributed by atoms with Crippen molar-refractivity contribution >= 4 is 12.0 Å². The fourth-order valence-corrected chi connectivity index (χ4v) is 2.56. The lowest BCUT2D eigenvalue weighted by Crippen LogP contribution is -2.62. The molecule has 3 fully saturated rings. The fourth-order valence-electron chi connectivity index (χ4n) is 2.56. The largest absolute Gasteiger partial charge is 0.480 e. The van der Waals surface area contributed by atoms with E-state index >= 15 is 0 Å². The fraction of sp³-hybridized carbons (Fsp3) is 0.846. The summed E-state index contributed by atoms with van der Waals surface area (Å²) in [4.78, 5) is 25.4. The van der Waals surface area contributed by atoms with Crippen molar-refractivity contribution in [2.24, 2.45) is 5.92 Å². The molecule has 0 radical (unpaired) electrons. The Labute approximate surface area is 107 Å². The predicted molar refractivity (Wildman–Crippen MR) is 65.2 cm³/mol. The van der Waals surface area contributed by atoms with Crippen molar-refractivity contribution in [2.75, 3.05) is 6.54 Å². The molecule has 2 N–H and O–H groups in total. The summed E-state index contributed by atoms with van der Waals surface area (Å²) in [7, 11) is 0. The monoisotopic (exact) mass is 252 g/mol. The Hall–Kier alpha value is -1.26. The molecule has 0 aromatic heterocycles. The zero-order chi connectivity index (χ0) is 12.8. The molecular formula is C13H20N2O3. The summed E-state index contributed by atoms with van der Waals surface area (Å²) in [6.45, 7) is 0.812. The van der Waals surface area contributed by atoms with Gasteiger partial charge >= 0.3 is 12.0 Å². The average Bonchev–Trinajstić information content (AvgIpc) is 3.12. The molecule has 0 aromatic carbocycles. The zero-order valence-corrected chi connectivity index (χ0v) is 10.5. The van der Waals surface area contributed by atoms with Crippen LogP contribution in [0.15, 0.2) is 0 Å². The van der Waals surface area contributed by atoms with E-state index in [1.54, 1.807) is 0 Å². The molecule has 0 heterocycles. The van der Waals surface area contributed by atoms with Crippen LogP contribution in [0.4, 0.5) is 4.79 Å². The van der Waals surface area contributed by atoms with Crippen molar-refractivity contribution in [1.82, 2.24) is 10.2 Å². The van der Waals surface area contributed by atoms with E-state index in [2.05, 4.69) is 5.32 Å². The number of hydrogen-bond acceptors (Lipinski definition) is 2. The summed E-state index contributed by atoms with van der Waals surface area (Å²) in [6, 6.07) is 0.197. The molecule has 3 rings (SSSR count). The summed E-state index contributed by atoms with van der Waals surface area (Å²) in [5, 5.41) is 12.0. The number of aliphatic carboxylic acids is 1. The van der Waals surface area contributed by atoms with Gasteiger partial charge in [-0.25, -0.2) is 9.59 Å². The minimum atomic E-state index is -0.978. The van der Waals surface area contributed by atoms with E-state index in [0.717, 1.165) is 25.8 Å². The Balaban J connectivity index is 1.62. The van der Waals surface area contributed by atoms with Gasteiger partial charge in [-0.2, -0.15) is 0 Å². The first-order valence-electron chi connectivity index (χ1n) is 6.93. The lowest BCUT2D eigenvalue weighted by atomic mass is 9.77. The summed E-state index contributed by atoms with van der Waals surface area (Å²) in [5.41, 5.74) is -0.978. The second-order valence-electron chi connectivity index (χ2n) is 6.00. The second-order valence-corrected chi connectivity index (χ2v) is 6.00. The number of urea groups is 1. The molecule has 3 aliphatic carbocycles. The SMILES string of the molecule is O=C(NC1(C(=O)O)CCC1)N(CC1CC1)C1CC1. The molecule has 18 heavy (non-hydrogen) atoms. The van der Waals surface area contributed by atoms with Crippen molar-refractivity contribution in [3.05, 3.63) is 0 Å². The average molecular weight is 252 g/mol. The van der Waals surface area contributed by atoms with Crippen LogP contribution in [0.2, 0.25) is 0 Å². The number of carbonyl (C=O) groups excluding carboxylic acids is 1. The van der Waals surface area contributed by atoms with Crippen LogP contribution in [0.1, 0.15) is 44.9 Å². The molecule has 0 aromatic rings. The lowest BCUT2D eigenvalue weighted by Gasteiger charge is -2.39. The molecule has 3 aliphatic rings. The highest BCUT2D eigenvalue weighted by Gasteiger charge is 2.47. The van der Waals surface area contributed by atoms with Gasteiger partial charge in [-0.05, 0) is 50.9 Å². The van der Waals surface area contributed by atoms with Gasteiger partial charge < -0.3 is 15.3 Å². The van der Waals surface area contributed by atoms with E-state index in [0.29, 0.717) is 24.8 Å². The van der Waals surface area contributed by atoms with E-state index < -0.39 is 11.5 Å². The van der Waals surface area contributed by atoms with Crippen LogP contribution in [-0.4, -0.2) is 40.1 Å². The smallest absolute Gasteiger partial charge is 0.329 e. The summed E-state index contributed by atoms with van der Waals surface area (Å²) < 4.78 is 0. The molecule has 5 heteroatoms. The zero-order valence-electron chi connectivity index (χ0n) is 10.5. The van der Waals surface area contributed by atoms with Gasteiger partial charge in [0.2, 0.25) is 0 Å². The van der Waals surface area contributed by atoms with Crippen LogP contribution < -0.4 is 5.32 Å². The molecule has 3 saturated carbocycles. The number of carboxylic acid groups (broad SMARTS) is 1. The Morgan fingerprint density at radius 2 is 1.89 bits per heavy atom. The Bertz CT molecular complexity index is 370. The van der Waals surface area contributed by atoms with E-state index in [1.807, 2.05) is 4.90 Å².